The van der Waals surface area contributed by atoms with Gasteiger partial charge in [-0.2, -0.15) is 13.2 Å². The van der Waals surface area contributed by atoms with Gasteiger partial charge in [-0.15, -0.1) is 0 Å². The first-order chi connectivity index (χ1) is 18.9. The smallest absolute Gasteiger partial charge is 0.419 e. The summed E-state index contributed by atoms with van der Waals surface area (Å²) in [6.07, 6.45) is -0.0251. The Hall–Kier alpha value is -1.73. The van der Waals surface area contributed by atoms with Crippen molar-refractivity contribution in [2.24, 2.45) is 0 Å². The lowest BCUT2D eigenvalue weighted by Gasteiger charge is -2.42. The Labute approximate surface area is 252 Å². The lowest BCUT2D eigenvalue weighted by atomic mass is 9.93. The molecule has 0 aliphatic carbocycles. The molecule has 42 heavy (non-hydrogen) atoms. The number of rotatable bonds is 14. The van der Waals surface area contributed by atoms with Crippen molar-refractivity contribution in [3.8, 4) is 5.75 Å². The molecule has 1 amide bonds. The molecule has 0 aliphatic heterocycles. The van der Waals surface area contributed by atoms with E-state index in [9.17, 15) is 22.5 Å². The fraction of sp³-hybridized carbons (Fsp3) is 0.781. The van der Waals surface area contributed by atoms with Crippen LogP contribution in [0.4, 0.5) is 18.0 Å². The molecule has 0 radical (unpaired) electrons. The summed E-state index contributed by atoms with van der Waals surface area (Å²) in [5, 5.41) is 1.50. The Morgan fingerprint density at radius 1 is 0.881 bits per heavy atom. The first-order valence-corrected chi connectivity index (χ1v) is 16.7. The van der Waals surface area contributed by atoms with E-state index in [1.807, 2.05) is 41.5 Å². The van der Waals surface area contributed by atoms with Crippen LogP contribution < -0.4 is 10.1 Å². The Morgan fingerprint density at radius 3 is 1.95 bits per heavy atom. The van der Waals surface area contributed by atoms with E-state index in [0.717, 1.165) is 31.7 Å². The lowest BCUT2D eigenvalue weighted by Crippen LogP contribution is -2.51. The lowest BCUT2D eigenvalue weighted by molar-refractivity contribution is -0.139. The molecule has 1 aromatic rings. The first-order valence-electron chi connectivity index (χ1n) is 15.0. The second-order valence-electron chi connectivity index (χ2n) is 14.4. The number of hydrogen-bond donors (Lipinski definition) is 1. The summed E-state index contributed by atoms with van der Waals surface area (Å²) in [4.78, 5) is 12.8. The monoisotopic (exact) mass is 621 g/mol. The number of halogens is 3. The van der Waals surface area contributed by atoms with Gasteiger partial charge in [-0.1, -0.05) is 80.2 Å². The van der Waals surface area contributed by atoms with Gasteiger partial charge in [0.1, 0.15) is 11.4 Å². The number of aryl methyl sites for hydroxylation is 1. The zero-order valence-corrected chi connectivity index (χ0v) is 28.6. The van der Waals surface area contributed by atoms with Gasteiger partial charge in [0.15, 0.2) is 0 Å². The molecule has 0 spiro atoms. The molecule has 0 fully saturated rings. The molecule has 0 bridgehead atoms. The van der Waals surface area contributed by atoms with Crippen LogP contribution in [-0.2, 0) is 26.4 Å². The molecule has 0 aromatic heterocycles. The molecule has 0 unspecified atom stereocenters. The molecule has 0 aliphatic rings. The molecule has 1 aromatic carbocycles. The summed E-state index contributed by atoms with van der Waals surface area (Å²) < 4.78 is 73.3. The van der Waals surface area contributed by atoms with Gasteiger partial charge in [0, 0.05) is 10.3 Å². The third-order valence-corrected chi connectivity index (χ3v) is 11.0. The van der Waals surface area contributed by atoms with E-state index in [-0.39, 0.29) is 31.8 Å². The van der Waals surface area contributed by atoms with Crippen molar-refractivity contribution >= 4 is 13.5 Å². The van der Waals surface area contributed by atoms with Gasteiger partial charge in [-0.25, -0.2) is 4.79 Å². The second kappa shape index (κ2) is 14.8. The maximum absolute atomic E-state index is 14.1. The van der Waals surface area contributed by atoms with Crippen LogP contribution in [0.25, 0.3) is 0 Å². The fourth-order valence-electron chi connectivity index (χ4n) is 4.74. The Balaban J connectivity index is 3.22. The van der Waals surface area contributed by atoms with Crippen molar-refractivity contribution in [2.45, 2.75) is 149 Å². The van der Waals surface area contributed by atoms with Crippen LogP contribution in [0.5, 0.6) is 5.75 Å². The highest BCUT2D eigenvalue weighted by molar-refractivity contribution is 7.62. The molecule has 10 heteroatoms. The van der Waals surface area contributed by atoms with Crippen molar-refractivity contribution in [2.75, 3.05) is 13.2 Å². The minimum Gasteiger partial charge on any atom is -0.493 e. The Bertz CT molecular complexity index is 1040. The van der Waals surface area contributed by atoms with Gasteiger partial charge in [0.05, 0.1) is 24.3 Å². The van der Waals surface area contributed by atoms with Gasteiger partial charge in [0.25, 0.3) is 0 Å². The summed E-state index contributed by atoms with van der Waals surface area (Å²) >= 11 is 0. The Morgan fingerprint density at radius 2 is 1.45 bits per heavy atom. The first kappa shape index (κ1) is 38.3. The fourth-order valence-corrected chi connectivity index (χ4v) is 7.99. The maximum atomic E-state index is 14.1. The number of ether oxygens (including phenoxy) is 2. The number of alkyl carbamates (subject to hydrolysis) is 1. The predicted octanol–water partition coefficient (Wildman–Crippen LogP) is 10.2. The van der Waals surface area contributed by atoms with Crippen LogP contribution in [0.2, 0.25) is 0 Å². The molecular weight excluding hydrogens is 566 g/mol. The number of carbonyl (C=O) groups excluding carboxylic acids is 1. The number of unbranched alkanes of at least 4 members (excludes halogenated alkanes) is 4. The van der Waals surface area contributed by atoms with Crippen molar-refractivity contribution < 1.29 is 36.5 Å². The summed E-state index contributed by atoms with van der Waals surface area (Å²) in [5.74, 6) is -0.184. The molecule has 0 saturated heterocycles. The van der Waals surface area contributed by atoms with E-state index in [1.54, 1.807) is 33.8 Å². The molecular formula is C32H55F3NO5P. The minimum absolute atomic E-state index is 0.108. The zero-order chi connectivity index (χ0) is 32.6. The molecule has 1 atom stereocenters. The van der Waals surface area contributed by atoms with Crippen LogP contribution in [0, 0.1) is 0 Å². The van der Waals surface area contributed by atoms with Crippen molar-refractivity contribution in [3.05, 3.63) is 29.3 Å². The molecule has 244 valence electrons. The number of nitrogens with one attached hydrogen (secondary N) is 1. The third kappa shape index (κ3) is 12.1. The van der Waals surface area contributed by atoms with Crippen LogP contribution in [0.15, 0.2) is 18.2 Å². The highest BCUT2D eigenvalue weighted by atomic mass is 31.2. The SMILES string of the molecule is CCCCCCCOc1ccc(CC[C@@](C)(COP(=O)(C(C)(C)C)C(C)(C)C)NC(=O)OC(C)(C)C)cc1C(F)(F)F. The summed E-state index contributed by atoms with van der Waals surface area (Å²) in [6, 6.07) is 4.09. The van der Waals surface area contributed by atoms with Gasteiger partial charge >= 0.3 is 12.3 Å². The van der Waals surface area contributed by atoms with Crippen LogP contribution >= 0.6 is 7.37 Å². The van der Waals surface area contributed by atoms with E-state index < -0.39 is 46.7 Å². The maximum Gasteiger partial charge on any atom is 0.419 e. The van der Waals surface area contributed by atoms with Crippen molar-refractivity contribution in [3.63, 3.8) is 0 Å². The van der Waals surface area contributed by atoms with Crippen LogP contribution in [0.1, 0.15) is 126 Å². The zero-order valence-electron chi connectivity index (χ0n) is 27.7. The number of hydrogen-bond acceptors (Lipinski definition) is 5. The third-order valence-electron chi connectivity index (χ3n) is 6.95. The van der Waals surface area contributed by atoms with E-state index in [0.29, 0.717) is 12.0 Å². The molecule has 1 rings (SSSR count). The number of amides is 1. The number of carbonyl (C=O) groups is 1. The topological polar surface area (TPSA) is 73.9 Å². The quantitative estimate of drug-likeness (QED) is 0.165. The van der Waals surface area contributed by atoms with Crippen molar-refractivity contribution in [1.82, 2.24) is 5.32 Å². The molecule has 0 heterocycles. The van der Waals surface area contributed by atoms with Gasteiger partial charge in [-0.3, -0.25) is 4.57 Å². The summed E-state index contributed by atoms with van der Waals surface area (Å²) in [5.41, 5.74) is -2.23. The summed E-state index contributed by atoms with van der Waals surface area (Å²) in [7, 11) is -3.28. The standard InChI is InChI=1S/C32H55F3NO5P/c1-12-13-14-15-16-21-39-26-18-17-24(22-25(26)32(33,34)35)19-20-31(11,36-27(37)41-28(2,3)4)23-40-42(38,29(5,6)7)30(8,9)10/h17-18,22H,12-16,19-21,23H2,1-11H3,(H,36,37)/t31-/m0/s1. The largest absolute Gasteiger partial charge is 0.493 e. The van der Waals surface area contributed by atoms with Crippen molar-refractivity contribution in [1.29, 1.82) is 0 Å². The highest BCUT2D eigenvalue weighted by Gasteiger charge is 2.49. The number of alkyl halides is 3. The van der Waals surface area contributed by atoms with E-state index >= 15 is 0 Å². The minimum atomic E-state index is -4.58. The average Bonchev–Trinajstić information content (AvgIpc) is 2.80. The van der Waals surface area contributed by atoms with Gasteiger partial charge < -0.3 is 19.3 Å². The van der Waals surface area contributed by atoms with E-state index in [4.69, 9.17) is 14.0 Å². The normalized spacial score (nSPS) is 14.8. The number of benzene rings is 1. The second-order valence-corrected chi connectivity index (χ2v) is 18.5. The van der Waals surface area contributed by atoms with Gasteiger partial charge in [-0.05, 0) is 64.7 Å². The van der Waals surface area contributed by atoms with Crippen LogP contribution in [0.3, 0.4) is 0 Å². The average molecular weight is 622 g/mol. The summed E-state index contributed by atoms with van der Waals surface area (Å²) in [6.45, 7) is 20.3. The van der Waals surface area contributed by atoms with E-state index in [2.05, 4.69) is 12.2 Å². The van der Waals surface area contributed by atoms with Crippen LogP contribution in [-0.4, -0.2) is 40.8 Å². The highest BCUT2D eigenvalue weighted by Crippen LogP contribution is 2.67. The molecule has 6 nitrogen and oxygen atoms in total. The Kier molecular flexibility index (Phi) is 13.5. The van der Waals surface area contributed by atoms with E-state index in [1.165, 1.54) is 6.07 Å². The van der Waals surface area contributed by atoms with Gasteiger partial charge in [0.2, 0.25) is 7.37 Å². The molecule has 1 N–H and O–H groups in total. The predicted molar refractivity (Wildman–Crippen MR) is 165 cm³/mol. The molecule has 0 saturated carbocycles.